The lowest BCUT2D eigenvalue weighted by Gasteiger charge is -2.26. The highest BCUT2D eigenvalue weighted by Gasteiger charge is 2.45. The first kappa shape index (κ1) is 15.0. The lowest BCUT2D eigenvalue weighted by atomic mass is 9.84. The van der Waals surface area contributed by atoms with E-state index in [1.807, 2.05) is 0 Å². The molecule has 0 radical (unpaired) electrons. The summed E-state index contributed by atoms with van der Waals surface area (Å²) in [4.78, 5) is 0. The van der Waals surface area contributed by atoms with Crippen LogP contribution in [0, 0.1) is 23.7 Å². The SMILES string of the molecule is CS(=O)(=O)OC[C@@H]1[C@@H](COS(C)(=O)=O)[C@H]2C=C[C@@H]1C2. The van der Waals surface area contributed by atoms with E-state index in [4.69, 9.17) is 8.37 Å². The van der Waals surface area contributed by atoms with Gasteiger partial charge in [-0.2, -0.15) is 16.8 Å². The van der Waals surface area contributed by atoms with Gasteiger partial charge in [-0.25, -0.2) is 0 Å². The number of hydrogen-bond acceptors (Lipinski definition) is 6. The fourth-order valence-corrected chi connectivity index (χ4v) is 3.73. The van der Waals surface area contributed by atoms with Crippen LogP contribution in [0.15, 0.2) is 12.2 Å². The topological polar surface area (TPSA) is 86.7 Å². The molecule has 0 saturated heterocycles. The van der Waals surface area contributed by atoms with Crippen molar-refractivity contribution < 1.29 is 25.2 Å². The van der Waals surface area contributed by atoms with Crippen LogP contribution in [0.2, 0.25) is 0 Å². The van der Waals surface area contributed by atoms with E-state index in [-0.39, 0.29) is 36.9 Å². The molecule has 2 aliphatic rings. The third-order valence-electron chi connectivity index (χ3n) is 3.75. The van der Waals surface area contributed by atoms with Gasteiger partial charge in [-0.15, -0.1) is 0 Å². The second-order valence-electron chi connectivity index (χ2n) is 5.25. The lowest BCUT2D eigenvalue weighted by molar-refractivity contribution is 0.140. The highest BCUT2D eigenvalue weighted by Crippen LogP contribution is 2.48. The summed E-state index contributed by atoms with van der Waals surface area (Å²) in [6.07, 6.45) is 7.04. The van der Waals surface area contributed by atoms with Crippen LogP contribution in [0.5, 0.6) is 0 Å². The van der Waals surface area contributed by atoms with Crippen molar-refractivity contribution in [1.82, 2.24) is 0 Å². The number of fused-ring (bicyclic) bond motifs is 2. The summed E-state index contributed by atoms with van der Waals surface area (Å²) in [6, 6.07) is 0. The van der Waals surface area contributed by atoms with E-state index in [1.54, 1.807) is 0 Å². The van der Waals surface area contributed by atoms with E-state index in [0.29, 0.717) is 0 Å². The Morgan fingerprint density at radius 1 is 0.895 bits per heavy atom. The average Bonchev–Trinajstić information content (AvgIpc) is 2.81. The Morgan fingerprint density at radius 3 is 1.58 bits per heavy atom. The van der Waals surface area contributed by atoms with E-state index in [2.05, 4.69) is 12.2 Å². The Bertz CT molecular complexity index is 512. The summed E-state index contributed by atoms with van der Waals surface area (Å²) in [7, 11) is -6.96. The van der Waals surface area contributed by atoms with Crippen LogP contribution < -0.4 is 0 Å². The van der Waals surface area contributed by atoms with Crippen molar-refractivity contribution in [3.63, 3.8) is 0 Å². The van der Waals surface area contributed by atoms with Crippen LogP contribution in [0.25, 0.3) is 0 Å². The van der Waals surface area contributed by atoms with Crippen LogP contribution in [0.4, 0.5) is 0 Å². The summed E-state index contributed by atoms with van der Waals surface area (Å²) in [5.41, 5.74) is 0. The van der Waals surface area contributed by atoms with Gasteiger partial charge in [0.15, 0.2) is 0 Å². The summed E-state index contributed by atoms with van der Waals surface area (Å²) in [5, 5.41) is 0. The van der Waals surface area contributed by atoms with E-state index >= 15 is 0 Å². The van der Waals surface area contributed by atoms with Gasteiger partial charge in [-0.1, -0.05) is 12.2 Å². The van der Waals surface area contributed by atoms with Gasteiger partial charge in [0.25, 0.3) is 20.2 Å². The molecule has 4 atom stereocenters. The first-order valence-corrected chi connectivity index (χ1v) is 9.66. The zero-order valence-electron chi connectivity index (χ0n) is 10.9. The van der Waals surface area contributed by atoms with Crippen LogP contribution in [-0.4, -0.2) is 42.6 Å². The molecule has 0 aromatic carbocycles. The number of rotatable bonds is 6. The fourth-order valence-electron chi connectivity index (χ4n) is 2.93. The van der Waals surface area contributed by atoms with E-state index in [1.165, 1.54) is 0 Å². The molecule has 2 bridgehead atoms. The van der Waals surface area contributed by atoms with Crippen LogP contribution in [-0.2, 0) is 28.6 Å². The van der Waals surface area contributed by atoms with Crippen molar-refractivity contribution in [3.8, 4) is 0 Å². The lowest BCUT2D eigenvalue weighted by Crippen LogP contribution is -2.29. The third kappa shape index (κ3) is 4.01. The highest BCUT2D eigenvalue weighted by molar-refractivity contribution is 7.86. The van der Waals surface area contributed by atoms with Gasteiger partial charge < -0.3 is 0 Å². The summed E-state index contributed by atoms with van der Waals surface area (Å²) >= 11 is 0. The first-order valence-electron chi connectivity index (χ1n) is 6.03. The van der Waals surface area contributed by atoms with Gasteiger partial charge in [0.05, 0.1) is 25.7 Å². The highest BCUT2D eigenvalue weighted by atomic mass is 32.2. The maximum Gasteiger partial charge on any atom is 0.264 e. The molecule has 2 rings (SSSR count). The molecule has 0 aromatic heterocycles. The Kier molecular flexibility index (Phi) is 4.06. The molecule has 19 heavy (non-hydrogen) atoms. The molecule has 8 heteroatoms. The normalized spacial score (nSPS) is 34.0. The molecular formula is C11H18O6S2. The van der Waals surface area contributed by atoms with E-state index in [9.17, 15) is 16.8 Å². The van der Waals surface area contributed by atoms with Crippen molar-refractivity contribution >= 4 is 20.2 Å². The largest absolute Gasteiger partial charge is 0.270 e. The molecule has 0 N–H and O–H groups in total. The maximum atomic E-state index is 11.1. The van der Waals surface area contributed by atoms with Crippen LogP contribution in [0.1, 0.15) is 6.42 Å². The van der Waals surface area contributed by atoms with Crippen LogP contribution >= 0.6 is 0 Å². The molecule has 0 unspecified atom stereocenters. The number of allylic oxidation sites excluding steroid dienone is 2. The number of hydrogen-bond donors (Lipinski definition) is 0. The molecule has 110 valence electrons. The quantitative estimate of drug-likeness (QED) is 0.520. The van der Waals surface area contributed by atoms with Gasteiger partial charge in [0.1, 0.15) is 0 Å². The monoisotopic (exact) mass is 310 g/mol. The Balaban J connectivity index is 2.01. The predicted octanol–water partition coefficient (Wildman–Crippen LogP) is 0.377. The third-order valence-corrected chi connectivity index (χ3v) is 4.88. The Labute approximate surface area is 114 Å². The molecular weight excluding hydrogens is 292 g/mol. The summed E-state index contributed by atoms with van der Waals surface area (Å²) in [5.74, 6) is 0.484. The maximum absolute atomic E-state index is 11.1. The van der Waals surface area contributed by atoms with Gasteiger partial charge in [0.2, 0.25) is 0 Å². The second-order valence-corrected chi connectivity index (χ2v) is 8.54. The van der Waals surface area contributed by atoms with Crippen molar-refractivity contribution in [3.05, 3.63) is 12.2 Å². The van der Waals surface area contributed by atoms with E-state index < -0.39 is 20.2 Å². The zero-order valence-corrected chi connectivity index (χ0v) is 12.5. The van der Waals surface area contributed by atoms with Gasteiger partial charge in [-0.3, -0.25) is 8.37 Å². The molecule has 1 fully saturated rings. The van der Waals surface area contributed by atoms with Gasteiger partial charge >= 0.3 is 0 Å². The Hall–Kier alpha value is -0.440. The minimum absolute atomic E-state index is 0.00789. The summed E-state index contributed by atoms with van der Waals surface area (Å²) < 4.78 is 53.9. The summed E-state index contributed by atoms with van der Waals surface area (Å²) in [6.45, 7) is 0.171. The zero-order chi connectivity index (χ0) is 14.3. The molecule has 2 aliphatic carbocycles. The van der Waals surface area contributed by atoms with Crippen molar-refractivity contribution in [2.24, 2.45) is 23.7 Å². The molecule has 0 heterocycles. The molecule has 0 spiro atoms. The van der Waals surface area contributed by atoms with Crippen molar-refractivity contribution in [2.45, 2.75) is 6.42 Å². The molecule has 0 aromatic rings. The van der Waals surface area contributed by atoms with Crippen molar-refractivity contribution in [2.75, 3.05) is 25.7 Å². The smallest absolute Gasteiger partial charge is 0.264 e. The minimum atomic E-state index is -3.48. The predicted molar refractivity (Wildman–Crippen MR) is 69.3 cm³/mol. The van der Waals surface area contributed by atoms with Crippen molar-refractivity contribution in [1.29, 1.82) is 0 Å². The molecule has 0 amide bonds. The average molecular weight is 310 g/mol. The van der Waals surface area contributed by atoms with Gasteiger partial charge in [0, 0.05) is 0 Å². The fraction of sp³-hybridized carbons (Fsp3) is 0.818. The molecule has 1 saturated carbocycles. The van der Waals surface area contributed by atoms with Crippen LogP contribution in [0.3, 0.4) is 0 Å². The Morgan fingerprint density at radius 2 is 1.26 bits per heavy atom. The standard InChI is InChI=1S/C11H18O6S2/c1-18(12,13)16-6-10-8-3-4-9(5-8)11(10)7-17-19(2,14)15/h3-4,8-11H,5-7H2,1-2H3/t8-,9+,10-,11-/m0/s1. The first-order chi connectivity index (χ1) is 8.66. The van der Waals surface area contributed by atoms with Gasteiger partial charge in [-0.05, 0) is 30.1 Å². The molecule has 0 aliphatic heterocycles. The second kappa shape index (κ2) is 5.16. The minimum Gasteiger partial charge on any atom is -0.270 e. The molecule has 6 nitrogen and oxygen atoms in total. The van der Waals surface area contributed by atoms with E-state index in [0.717, 1.165) is 18.9 Å².